The second kappa shape index (κ2) is 39.0. The highest BCUT2D eigenvalue weighted by Gasteiger charge is 2.27. The molecule has 2 atom stereocenters. The fourth-order valence-electron chi connectivity index (χ4n) is 5.33. The van der Waals surface area contributed by atoms with Crippen molar-refractivity contribution in [3.8, 4) is 0 Å². The highest BCUT2D eigenvalue weighted by Crippen LogP contribution is 2.43. The topological polar surface area (TPSA) is 125 Å². The van der Waals surface area contributed by atoms with Crippen LogP contribution >= 0.6 is 7.82 Å². The summed E-state index contributed by atoms with van der Waals surface area (Å²) in [4.78, 5) is 47.6. The number of ether oxygens (including phenoxy) is 2. The molecule has 59 heavy (non-hydrogen) atoms. The lowest BCUT2D eigenvalue weighted by atomic mass is 10.1. The van der Waals surface area contributed by atoms with Crippen molar-refractivity contribution in [3.63, 3.8) is 0 Å². The molecule has 0 aliphatic heterocycles. The molecular formula is C48H81NO9P+. The van der Waals surface area contributed by atoms with Crippen LogP contribution in [0.25, 0.3) is 0 Å². The first-order valence-electron chi connectivity index (χ1n) is 22.3. The maximum Gasteiger partial charge on any atom is 0.472 e. The molecule has 11 heteroatoms. The second-order valence-electron chi connectivity index (χ2n) is 15.8. The lowest BCUT2D eigenvalue weighted by Crippen LogP contribution is -2.37. The summed E-state index contributed by atoms with van der Waals surface area (Å²) in [7, 11) is 1.31. The van der Waals surface area contributed by atoms with Gasteiger partial charge in [0.15, 0.2) is 11.9 Å². The summed E-state index contributed by atoms with van der Waals surface area (Å²) in [6, 6.07) is 0. The number of nitrogens with zero attached hydrogens (tertiary/aromatic N) is 1. The Bertz CT molecular complexity index is 1340. The molecule has 1 unspecified atom stereocenters. The van der Waals surface area contributed by atoms with Gasteiger partial charge in [0, 0.05) is 19.3 Å². The molecular weight excluding hydrogens is 765 g/mol. The van der Waals surface area contributed by atoms with Gasteiger partial charge in [-0.1, -0.05) is 138 Å². The Morgan fingerprint density at radius 3 is 1.69 bits per heavy atom. The van der Waals surface area contributed by atoms with E-state index in [-0.39, 0.29) is 44.7 Å². The van der Waals surface area contributed by atoms with E-state index in [2.05, 4.69) is 68.5 Å². The van der Waals surface area contributed by atoms with E-state index in [9.17, 15) is 23.8 Å². The van der Waals surface area contributed by atoms with E-state index in [1.165, 1.54) is 63.9 Å². The third-order valence-corrected chi connectivity index (χ3v) is 9.86. The predicted molar refractivity (Wildman–Crippen MR) is 243 cm³/mol. The van der Waals surface area contributed by atoms with Gasteiger partial charge in [0.25, 0.3) is 0 Å². The number of ketones is 1. The third kappa shape index (κ3) is 42.8. The summed E-state index contributed by atoms with van der Waals surface area (Å²) in [5, 5.41) is 0. The summed E-state index contributed by atoms with van der Waals surface area (Å²) in [5.41, 5.74) is 0. The van der Waals surface area contributed by atoms with Gasteiger partial charge in [-0.2, -0.15) is 0 Å². The highest BCUT2D eigenvalue weighted by atomic mass is 31.2. The van der Waals surface area contributed by atoms with Crippen LogP contribution in [0, 0.1) is 0 Å². The Labute approximate surface area is 358 Å². The van der Waals surface area contributed by atoms with E-state index in [0.717, 1.165) is 38.5 Å². The van der Waals surface area contributed by atoms with Crippen LogP contribution in [0.5, 0.6) is 0 Å². The van der Waals surface area contributed by atoms with Crippen LogP contribution in [-0.2, 0) is 37.5 Å². The van der Waals surface area contributed by atoms with Crippen molar-refractivity contribution in [2.24, 2.45) is 0 Å². The number of carbonyl (C=O) groups excluding carboxylic acids is 3. The number of esters is 2. The zero-order valence-corrected chi connectivity index (χ0v) is 38.3. The van der Waals surface area contributed by atoms with Crippen LogP contribution in [-0.4, -0.2) is 80.7 Å². The maximum absolute atomic E-state index is 12.7. The van der Waals surface area contributed by atoms with Crippen molar-refractivity contribution in [2.75, 3.05) is 47.5 Å². The highest BCUT2D eigenvalue weighted by molar-refractivity contribution is 7.47. The first-order valence-corrected chi connectivity index (χ1v) is 23.8. The minimum atomic E-state index is -4.45. The predicted octanol–water partition coefficient (Wildman–Crippen LogP) is 12.0. The van der Waals surface area contributed by atoms with E-state index in [0.29, 0.717) is 23.9 Å². The number of quaternary nitrogens is 1. The Balaban J connectivity index is 4.65. The van der Waals surface area contributed by atoms with E-state index in [1.807, 2.05) is 39.4 Å². The minimum absolute atomic E-state index is 0.0150. The van der Waals surface area contributed by atoms with Gasteiger partial charge in [0.2, 0.25) is 0 Å². The molecule has 0 aromatic heterocycles. The number of rotatable bonds is 39. The number of hydrogen-bond donors (Lipinski definition) is 1. The summed E-state index contributed by atoms with van der Waals surface area (Å²) in [6.07, 6.45) is 46.5. The van der Waals surface area contributed by atoms with E-state index >= 15 is 0 Å². The van der Waals surface area contributed by atoms with Gasteiger partial charge >= 0.3 is 19.8 Å². The average molecular weight is 847 g/mol. The number of likely N-dealkylation sites (N-methyl/N-ethyl adjacent to an activating group) is 1. The van der Waals surface area contributed by atoms with Gasteiger partial charge in [0.1, 0.15) is 19.8 Å². The van der Waals surface area contributed by atoms with Crippen molar-refractivity contribution < 1.29 is 46.8 Å². The van der Waals surface area contributed by atoms with Crippen molar-refractivity contribution in [1.29, 1.82) is 0 Å². The molecule has 0 spiro atoms. The molecule has 0 aliphatic rings. The SMILES string of the molecule is CCCCC/C=C\C/C=C\C/C=C\C=C\C(=O)CCCC(=O)OC[C@H](COP(=O)(O)OCC[N+](C)(C)C)OC(=O)CCC/C=C\C/C=C\C/C=C\CCCCCCCC. The first kappa shape index (κ1) is 55.9. The van der Waals surface area contributed by atoms with Crippen molar-refractivity contribution in [2.45, 2.75) is 155 Å². The summed E-state index contributed by atoms with van der Waals surface area (Å²) in [6.45, 7) is 4.02. The number of phosphoric ester groups is 1. The van der Waals surface area contributed by atoms with Gasteiger partial charge in [0.05, 0.1) is 27.7 Å². The molecule has 0 radical (unpaired) electrons. The van der Waals surface area contributed by atoms with Crippen molar-refractivity contribution in [3.05, 3.63) is 85.1 Å². The first-order chi connectivity index (χ1) is 28.4. The normalized spacial score (nSPS) is 14.3. The molecule has 0 bridgehead atoms. The molecule has 0 saturated carbocycles. The Morgan fingerprint density at radius 2 is 1.08 bits per heavy atom. The Morgan fingerprint density at radius 1 is 0.576 bits per heavy atom. The lowest BCUT2D eigenvalue weighted by molar-refractivity contribution is -0.870. The molecule has 1 N–H and O–H groups in total. The van der Waals surface area contributed by atoms with Crippen LogP contribution in [0.3, 0.4) is 0 Å². The molecule has 0 aliphatic carbocycles. The number of unbranched alkanes of at least 4 members (excludes halogenated alkanes) is 10. The molecule has 0 aromatic rings. The largest absolute Gasteiger partial charge is 0.472 e. The zero-order valence-electron chi connectivity index (χ0n) is 37.4. The monoisotopic (exact) mass is 847 g/mol. The molecule has 0 amide bonds. The number of hydrogen-bond acceptors (Lipinski definition) is 8. The van der Waals surface area contributed by atoms with Gasteiger partial charge in [-0.05, 0) is 76.7 Å². The smallest absolute Gasteiger partial charge is 0.462 e. The van der Waals surface area contributed by atoms with Gasteiger partial charge in [-0.15, -0.1) is 0 Å². The van der Waals surface area contributed by atoms with Crippen molar-refractivity contribution >= 4 is 25.5 Å². The standard InChI is InChI=1S/C48H80NO9P/c1-6-8-10-12-14-16-18-20-21-22-23-25-27-29-31-33-35-39-48(52)58-46(44-57-59(53,54)56-42-41-49(3,4)5)43-55-47(51)40-36-38-45(50)37-34-32-30-28-26-24-19-17-15-13-11-9-7-2/h15,17,20-21,23-26,29-32,34,37,46H,6-14,16,18-19,22,27-28,33,35-36,38-44H2,1-5H3/p+1/b17-15-,21-20-,25-23-,26-24-,31-29-,32-30-,37-34+/t46-/m1/s1. The third-order valence-electron chi connectivity index (χ3n) is 8.87. The number of carbonyl (C=O) groups is 3. The van der Waals surface area contributed by atoms with E-state index in [4.69, 9.17) is 18.5 Å². The molecule has 0 fully saturated rings. The second-order valence-corrected chi connectivity index (χ2v) is 17.2. The fraction of sp³-hybridized carbons (Fsp3) is 0.646. The Hall–Kier alpha value is -3.14. The molecule has 0 saturated heterocycles. The van der Waals surface area contributed by atoms with Crippen LogP contribution < -0.4 is 0 Å². The van der Waals surface area contributed by atoms with Crippen LogP contribution in [0.1, 0.15) is 149 Å². The van der Waals surface area contributed by atoms with Gasteiger partial charge in [-0.3, -0.25) is 23.4 Å². The molecule has 0 aromatic carbocycles. The maximum atomic E-state index is 12.7. The van der Waals surface area contributed by atoms with E-state index < -0.39 is 32.5 Å². The van der Waals surface area contributed by atoms with Crippen molar-refractivity contribution in [1.82, 2.24) is 0 Å². The summed E-state index contributed by atoms with van der Waals surface area (Å²) >= 11 is 0. The lowest BCUT2D eigenvalue weighted by Gasteiger charge is -2.24. The quantitative estimate of drug-likeness (QED) is 0.0122. The fourth-order valence-corrected chi connectivity index (χ4v) is 6.08. The molecule has 10 nitrogen and oxygen atoms in total. The average Bonchev–Trinajstić information content (AvgIpc) is 3.18. The zero-order chi connectivity index (χ0) is 43.7. The van der Waals surface area contributed by atoms with Crippen LogP contribution in [0.2, 0.25) is 0 Å². The Kier molecular flexibility index (Phi) is 36.9. The minimum Gasteiger partial charge on any atom is -0.462 e. The molecule has 336 valence electrons. The number of phosphoric acid groups is 1. The van der Waals surface area contributed by atoms with E-state index in [1.54, 1.807) is 6.08 Å². The summed E-state index contributed by atoms with van der Waals surface area (Å²) in [5.74, 6) is -1.23. The van der Waals surface area contributed by atoms with Crippen LogP contribution in [0.15, 0.2) is 85.1 Å². The van der Waals surface area contributed by atoms with Gasteiger partial charge < -0.3 is 18.9 Å². The molecule has 0 rings (SSSR count). The van der Waals surface area contributed by atoms with Gasteiger partial charge in [-0.25, -0.2) is 4.57 Å². The number of allylic oxidation sites excluding steroid dienone is 14. The molecule has 0 heterocycles. The van der Waals surface area contributed by atoms with Crippen LogP contribution in [0.4, 0.5) is 0 Å². The summed E-state index contributed by atoms with van der Waals surface area (Å²) < 4.78 is 34.0.